The first kappa shape index (κ1) is 30.0. The molecule has 4 heterocycles. The Balaban J connectivity index is 1.03. The van der Waals surface area contributed by atoms with Crippen LogP contribution in [0.15, 0.2) is 18.2 Å². The van der Waals surface area contributed by atoms with Crippen LogP contribution >= 0.6 is 0 Å². The van der Waals surface area contributed by atoms with Crippen molar-refractivity contribution in [1.29, 1.82) is 0 Å². The fourth-order valence-corrected chi connectivity index (χ4v) is 6.38. The van der Waals surface area contributed by atoms with Gasteiger partial charge in [-0.1, -0.05) is 12.8 Å². The van der Waals surface area contributed by atoms with Crippen molar-refractivity contribution < 1.29 is 28.7 Å². The summed E-state index contributed by atoms with van der Waals surface area (Å²) in [4.78, 5) is 69.8. The zero-order valence-corrected chi connectivity index (χ0v) is 25.0. The quantitative estimate of drug-likeness (QED) is 0.386. The van der Waals surface area contributed by atoms with E-state index in [1.807, 2.05) is 31.7 Å². The molecule has 4 aliphatic heterocycles. The maximum atomic E-state index is 13.2. The molecule has 3 fully saturated rings. The third-order valence-corrected chi connectivity index (χ3v) is 8.76. The van der Waals surface area contributed by atoms with E-state index in [0.717, 1.165) is 75.7 Å². The Labute approximate surface area is 247 Å². The van der Waals surface area contributed by atoms with Gasteiger partial charge < -0.3 is 14.5 Å². The van der Waals surface area contributed by atoms with Gasteiger partial charge in [-0.25, -0.2) is 4.79 Å². The fraction of sp³-hybridized carbons (Fsp3) is 0.645. The van der Waals surface area contributed by atoms with E-state index in [1.165, 1.54) is 12.8 Å². The number of carbonyl (C=O) groups is 5. The number of carbonyl (C=O) groups excluding carboxylic acids is 5. The number of anilines is 1. The van der Waals surface area contributed by atoms with Gasteiger partial charge in [0.1, 0.15) is 11.6 Å². The Hall–Kier alpha value is -3.47. The number of rotatable bonds is 7. The molecule has 1 atom stereocenters. The fourth-order valence-electron chi connectivity index (χ4n) is 6.38. The molecular weight excluding hydrogens is 538 g/mol. The van der Waals surface area contributed by atoms with Gasteiger partial charge >= 0.3 is 6.09 Å². The molecule has 1 unspecified atom stereocenters. The monoisotopic (exact) mass is 581 g/mol. The number of unbranched alkanes of at least 4 members (excludes halogenated alkanes) is 1. The van der Waals surface area contributed by atoms with E-state index in [4.69, 9.17) is 4.74 Å². The van der Waals surface area contributed by atoms with Gasteiger partial charge in [0.05, 0.1) is 11.1 Å². The van der Waals surface area contributed by atoms with E-state index < -0.39 is 29.4 Å². The summed E-state index contributed by atoms with van der Waals surface area (Å²) < 4.78 is 5.50. The average Bonchev–Trinajstić information content (AvgIpc) is 3.20. The minimum atomic E-state index is -0.952. The zero-order valence-electron chi connectivity index (χ0n) is 25.0. The number of benzene rings is 1. The molecule has 0 radical (unpaired) electrons. The molecule has 0 aromatic heterocycles. The largest absolute Gasteiger partial charge is 0.444 e. The van der Waals surface area contributed by atoms with E-state index in [-0.39, 0.29) is 24.8 Å². The van der Waals surface area contributed by atoms with Crippen molar-refractivity contribution >= 4 is 35.4 Å². The number of likely N-dealkylation sites (tertiary alicyclic amines) is 1. The summed E-state index contributed by atoms with van der Waals surface area (Å²) in [6.45, 7) is 11.8. The minimum Gasteiger partial charge on any atom is -0.444 e. The highest BCUT2D eigenvalue weighted by Crippen LogP contribution is 2.31. The average molecular weight is 582 g/mol. The van der Waals surface area contributed by atoms with E-state index >= 15 is 0 Å². The molecule has 0 saturated carbocycles. The molecule has 0 bridgehead atoms. The Bertz CT molecular complexity index is 1230. The molecule has 5 amide bonds. The van der Waals surface area contributed by atoms with Gasteiger partial charge in [0, 0.05) is 51.4 Å². The lowest BCUT2D eigenvalue weighted by molar-refractivity contribution is -0.136. The Morgan fingerprint density at radius 2 is 1.60 bits per heavy atom. The summed E-state index contributed by atoms with van der Waals surface area (Å²) in [5.41, 5.74) is 1.07. The predicted octanol–water partition coefficient (Wildman–Crippen LogP) is 3.03. The molecule has 11 heteroatoms. The van der Waals surface area contributed by atoms with Crippen LogP contribution in [0.4, 0.5) is 10.5 Å². The van der Waals surface area contributed by atoms with Crippen LogP contribution in [-0.2, 0) is 14.3 Å². The highest BCUT2D eigenvalue weighted by atomic mass is 16.6. The number of fused-ring (bicyclic) bond motifs is 1. The summed E-state index contributed by atoms with van der Waals surface area (Å²) in [6, 6.07) is 4.38. The SMILES string of the molecule is CC(C)(C)OC(=O)N1CCC(CCCCN2CCN(c3ccc4c(c3)C(=O)N(C3CCC(=O)NC3=O)C4=O)CC2)CC1. The third-order valence-electron chi connectivity index (χ3n) is 8.76. The minimum absolute atomic E-state index is 0.106. The smallest absolute Gasteiger partial charge is 0.410 e. The van der Waals surface area contributed by atoms with Gasteiger partial charge in [-0.05, 0) is 77.1 Å². The summed E-state index contributed by atoms with van der Waals surface area (Å²) in [5, 5.41) is 2.23. The maximum Gasteiger partial charge on any atom is 0.410 e. The highest BCUT2D eigenvalue weighted by Gasteiger charge is 2.44. The Morgan fingerprint density at radius 3 is 2.26 bits per heavy atom. The van der Waals surface area contributed by atoms with Crippen LogP contribution in [0.25, 0.3) is 0 Å². The van der Waals surface area contributed by atoms with Crippen molar-refractivity contribution in [3.8, 4) is 0 Å². The number of nitrogens with one attached hydrogen (secondary N) is 1. The Morgan fingerprint density at radius 1 is 0.905 bits per heavy atom. The molecule has 0 aliphatic carbocycles. The van der Waals surface area contributed by atoms with Crippen LogP contribution in [0, 0.1) is 5.92 Å². The Kier molecular flexibility index (Phi) is 8.86. The number of ether oxygens (including phenoxy) is 1. The molecular formula is C31H43N5O6. The van der Waals surface area contributed by atoms with Crippen molar-refractivity contribution in [2.75, 3.05) is 50.7 Å². The lowest BCUT2D eigenvalue weighted by Crippen LogP contribution is -2.54. The topological polar surface area (TPSA) is 120 Å². The van der Waals surface area contributed by atoms with Crippen molar-refractivity contribution in [3.05, 3.63) is 29.3 Å². The standard InChI is InChI=1S/C31H43N5O6/c1-31(2,3)42-30(41)35-14-11-21(12-15-35)6-4-5-13-33-16-18-34(19-17-33)22-7-8-23-24(20-22)29(40)36(28(23)39)25-9-10-26(37)32-27(25)38/h7-8,20-21,25H,4-6,9-19H2,1-3H3,(H,32,37,38). The molecule has 0 spiro atoms. The molecule has 5 rings (SSSR count). The summed E-state index contributed by atoms with van der Waals surface area (Å²) >= 11 is 0. The number of hydrogen-bond donors (Lipinski definition) is 1. The zero-order chi connectivity index (χ0) is 30.0. The number of hydrogen-bond acceptors (Lipinski definition) is 8. The third kappa shape index (κ3) is 6.77. The number of piperidine rings is 2. The molecule has 42 heavy (non-hydrogen) atoms. The van der Waals surface area contributed by atoms with Crippen LogP contribution in [-0.4, -0.2) is 102 Å². The molecule has 228 valence electrons. The van der Waals surface area contributed by atoms with Gasteiger partial charge in [0.15, 0.2) is 0 Å². The van der Waals surface area contributed by atoms with Crippen molar-refractivity contribution in [1.82, 2.24) is 20.0 Å². The van der Waals surface area contributed by atoms with Crippen LogP contribution < -0.4 is 10.2 Å². The normalized spacial score (nSPS) is 22.5. The molecule has 11 nitrogen and oxygen atoms in total. The number of imide groups is 2. The molecule has 1 N–H and O–H groups in total. The van der Waals surface area contributed by atoms with Crippen LogP contribution in [0.1, 0.15) is 86.4 Å². The second-order valence-electron chi connectivity index (χ2n) is 12.9. The van der Waals surface area contributed by atoms with Crippen molar-refractivity contribution in [3.63, 3.8) is 0 Å². The van der Waals surface area contributed by atoms with Gasteiger partial charge in [-0.3, -0.25) is 34.3 Å². The van der Waals surface area contributed by atoms with Gasteiger partial charge in [-0.15, -0.1) is 0 Å². The number of amides is 5. The van der Waals surface area contributed by atoms with Crippen molar-refractivity contribution in [2.24, 2.45) is 5.92 Å². The first-order chi connectivity index (χ1) is 20.0. The van der Waals surface area contributed by atoms with Crippen LogP contribution in [0.2, 0.25) is 0 Å². The molecule has 4 aliphatic rings. The molecule has 1 aromatic carbocycles. The summed E-state index contributed by atoms with van der Waals surface area (Å²) in [6.07, 6.45) is 5.66. The predicted molar refractivity (Wildman–Crippen MR) is 156 cm³/mol. The second-order valence-corrected chi connectivity index (χ2v) is 12.9. The van der Waals surface area contributed by atoms with E-state index in [9.17, 15) is 24.0 Å². The highest BCUT2D eigenvalue weighted by molar-refractivity contribution is 6.23. The van der Waals surface area contributed by atoms with Crippen LogP contribution in [0.5, 0.6) is 0 Å². The lowest BCUT2D eigenvalue weighted by atomic mass is 9.91. The molecule has 3 saturated heterocycles. The number of nitrogens with zero attached hydrogens (tertiary/aromatic N) is 4. The summed E-state index contributed by atoms with van der Waals surface area (Å²) in [5.74, 6) is -1.26. The van der Waals surface area contributed by atoms with Crippen molar-refractivity contribution in [2.45, 2.75) is 77.4 Å². The van der Waals surface area contributed by atoms with Crippen LogP contribution in [0.3, 0.4) is 0 Å². The maximum absolute atomic E-state index is 13.2. The summed E-state index contributed by atoms with van der Waals surface area (Å²) in [7, 11) is 0. The van der Waals surface area contributed by atoms with E-state index in [1.54, 1.807) is 12.1 Å². The first-order valence-electron chi connectivity index (χ1n) is 15.3. The molecule has 1 aromatic rings. The number of piperazine rings is 1. The lowest BCUT2D eigenvalue weighted by Gasteiger charge is -2.36. The van der Waals surface area contributed by atoms with Gasteiger partial charge in [0.2, 0.25) is 11.8 Å². The van der Waals surface area contributed by atoms with Gasteiger partial charge in [-0.2, -0.15) is 0 Å². The van der Waals surface area contributed by atoms with E-state index in [2.05, 4.69) is 15.1 Å². The van der Waals surface area contributed by atoms with Gasteiger partial charge in [0.25, 0.3) is 11.8 Å². The first-order valence-corrected chi connectivity index (χ1v) is 15.3. The second kappa shape index (κ2) is 12.4. The van der Waals surface area contributed by atoms with E-state index in [0.29, 0.717) is 17.0 Å².